The van der Waals surface area contributed by atoms with Crippen molar-refractivity contribution in [1.29, 1.82) is 0 Å². The summed E-state index contributed by atoms with van der Waals surface area (Å²) < 4.78 is 5.67. The summed E-state index contributed by atoms with van der Waals surface area (Å²) >= 11 is 18.0. The number of carbonyl (C=O) groups is 2. The van der Waals surface area contributed by atoms with Gasteiger partial charge < -0.3 is 14.8 Å². The maximum absolute atomic E-state index is 12.1. The van der Waals surface area contributed by atoms with E-state index in [2.05, 4.69) is 5.32 Å². The molecule has 0 saturated heterocycles. The lowest BCUT2D eigenvalue weighted by atomic mass is 10.2. The number of rotatable bonds is 5. The average Bonchev–Trinajstić information content (AvgIpc) is 3.12. The molecule has 0 fully saturated rings. The Labute approximate surface area is 175 Å². The number of aromatic carboxylic acids is 1. The first-order chi connectivity index (χ1) is 13.3. The minimum Gasteiger partial charge on any atom is -0.478 e. The summed E-state index contributed by atoms with van der Waals surface area (Å²) in [7, 11) is 0. The molecule has 0 aliphatic rings. The summed E-state index contributed by atoms with van der Waals surface area (Å²) in [5, 5.41) is 12.5. The Kier molecular flexibility index (Phi) is 6.09. The molecule has 3 aromatic rings. The summed E-state index contributed by atoms with van der Waals surface area (Å²) in [5.41, 5.74) is 0.848. The van der Waals surface area contributed by atoms with E-state index in [1.807, 2.05) is 0 Å². The first-order valence-corrected chi connectivity index (χ1v) is 9.04. The molecule has 0 aliphatic carbocycles. The van der Waals surface area contributed by atoms with Gasteiger partial charge in [0.05, 0.1) is 20.6 Å². The largest absolute Gasteiger partial charge is 0.478 e. The first-order valence-electron chi connectivity index (χ1n) is 7.91. The minimum absolute atomic E-state index is 0.0869. The second kappa shape index (κ2) is 8.52. The molecule has 5 nitrogen and oxygen atoms in total. The number of hydrogen-bond acceptors (Lipinski definition) is 3. The molecule has 1 amide bonds. The molecule has 0 bridgehead atoms. The molecule has 3 rings (SSSR count). The molecule has 0 atom stereocenters. The zero-order valence-corrected chi connectivity index (χ0v) is 16.3. The third kappa shape index (κ3) is 4.57. The van der Waals surface area contributed by atoms with E-state index in [0.717, 1.165) is 0 Å². The first kappa shape index (κ1) is 20.0. The predicted molar refractivity (Wildman–Crippen MR) is 110 cm³/mol. The lowest BCUT2D eigenvalue weighted by Crippen LogP contribution is -2.09. The fourth-order valence-corrected chi connectivity index (χ4v) is 2.98. The van der Waals surface area contributed by atoms with Crippen LogP contribution in [0.1, 0.15) is 16.1 Å². The number of carboxylic acid groups (broad SMARTS) is 1. The van der Waals surface area contributed by atoms with Gasteiger partial charge in [0.25, 0.3) is 0 Å². The highest BCUT2D eigenvalue weighted by molar-refractivity contribution is 6.43. The van der Waals surface area contributed by atoms with Gasteiger partial charge in [-0.25, -0.2) is 4.79 Å². The van der Waals surface area contributed by atoms with Crippen LogP contribution < -0.4 is 5.32 Å². The smallest absolute Gasteiger partial charge is 0.337 e. The Morgan fingerprint density at radius 1 is 1.00 bits per heavy atom. The summed E-state index contributed by atoms with van der Waals surface area (Å²) in [6.07, 6.45) is 2.74. The average molecular weight is 437 g/mol. The van der Waals surface area contributed by atoms with E-state index >= 15 is 0 Å². The third-order valence-corrected chi connectivity index (χ3v) is 4.86. The number of halogens is 3. The number of benzene rings is 2. The Morgan fingerprint density at radius 3 is 2.54 bits per heavy atom. The molecule has 1 aromatic heterocycles. The highest BCUT2D eigenvalue weighted by Gasteiger charge is 2.11. The van der Waals surface area contributed by atoms with Gasteiger partial charge in [-0.1, -0.05) is 40.9 Å². The van der Waals surface area contributed by atoms with Crippen molar-refractivity contribution in [1.82, 2.24) is 0 Å². The van der Waals surface area contributed by atoms with Crippen molar-refractivity contribution in [2.75, 3.05) is 5.32 Å². The van der Waals surface area contributed by atoms with Gasteiger partial charge in [-0.05, 0) is 48.5 Å². The summed E-state index contributed by atoms with van der Waals surface area (Å²) in [6, 6.07) is 12.8. The maximum Gasteiger partial charge on any atom is 0.337 e. The monoisotopic (exact) mass is 435 g/mol. The van der Waals surface area contributed by atoms with E-state index in [0.29, 0.717) is 32.8 Å². The molecule has 28 heavy (non-hydrogen) atoms. The van der Waals surface area contributed by atoms with Gasteiger partial charge in [0.1, 0.15) is 11.5 Å². The van der Waals surface area contributed by atoms with E-state index in [-0.39, 0.29) is 10.6 Å². The van der Waals surface area contributed by atoms with Crippen molar-refractivity contribution in [3.63, 3.8) is 0 Å². The van der Waals surface area contributed by atoms with Crippen molar-refractivity contribution in [3.8, 4) is 11.3 Å². The summed E-state index contributed by atoms with van der Waals surface area (Å²) in [6.45, 7) is 0. The molecule has 2 N–H and O–H groups in total. The van der Waals surface area contributed by atoms with Crippen molar-refractivity contribution < 1.29 is 19.1 Å². The quantitative estimate of drug-likeness (QED) is 0.463. The Bertz CT molecular complexity index is 1090. The molecular formula is C20H12Cl3NO4. The molecule has 142 valence electrons. The molecule has 0 spiro atoms. The van der Waals surface area contributed by atoms with Crippen molar-refractivity contribution in [2.45, 2.75) is 0 Å². The number of anilines is 1. The normalized spacial score (nSPS) is 11.0. The van der Waals surface area contributed by atoms with E-state index in [4.69, 9.17) is 44.3 Å². The van der Waals surface area contributed by atoms with Crippen LogP contribution in [0.5, 0.6) is 0 Å². The van der Waals surface area contributed by atoms with Crippen LogP contribution in [-0.2, 0) is 4.79 Å². The van der Waals surface area contributed by atoms with Crippen LogP contribution in [0.3, 0.4) is 0 Å². The standard InChI is InChI=1S/C20H12Cl3NO4/c21-15-7-4-11(10-14(15)20(26)27)24-18(25)9-6-12-5-8-17(28-12)13-2-1-3-16(22)19(13)23/h1-10H,(H,24,25)(H,26,27)/b9-6+. The second-order valence-electron chi connectivity index (χ2n) is 5.63. The lowest BCUT2D eigenvalue weighted by molar-refractivity contribution is -0.111. The highest BCUT2D eigenvalue weighted by Crippen LogP contribution is 2.34. The maximum atomic E-state index is 12.1. The Balaban J connectivity index is 1.72. The van der Waals surface area contributed by atoms with Gasteiger partial charge in [-0.3, -0.25) is 4.79 Å². The summed E-state index contributed by atoms with van der Waals surface area (Å²) in [4.78, 5) is 23.2. The highest BCUT2D eigenvalue weighted by atomic mass is 35.5. The van der Waals surface area contributed by atoms with Crippen LogP contribution in [0.2, 0.25) is 15.1 Å². The SMILES string of the molecule is O=C(/C=C/c1ccc(-c2cccc(Cl)c2Cl)o1)Nc1ccc(Cl)c(C(=O)O)c1. The predicted octanol–water partition coefficient (Wildman–Crippen LogP) is 6.26. The van der Waals surface area contributed by atoms with Gasteiger partial charge >= 0.3 is 5.97 Å². The molecule has 8 heteroatoms. The third-order valence-electron chi connectivity index (χ3n) is 3.71. The number of furan rings is 1. The van der Waals surface area contributed by atoms with Crippen LogP contribution in [0.25, 0.3) is 17.4 Å². The fourth-order valence-electron chi connectivity index (χ4n) is 2.39. The number of hydrogen-bond donors (Lipinski definition) is 2. The zero-order chi connectivity index (χ0) is 20.3. The van der Waals surface area contributed by atoms with Crippen molar-refractivity contribution in [3.05, 3.63) is 81.0 Å². The van der Waals surface area contributed by atoms with E-state index in [1.165, 1.54) is 30.4 Å². The minimum atomic E-state index is -1.18. The molecule has 0 saturated carbocycles. The number of nitrogens with one attached hydrogen (secondary N) is 1. The van der Waals surface area contributed by atoms with E-state index in [9.17, 15) is 9.59 Å². The van der Waals surface area contributed by atoms with Gasteiger partial charge in [-0.15, -0.1) is 0 Å². The second-order valence-corrected chi connectivity index (χ2v) is 6.82. The molecule has 0 unspecified atom stereocenters. The zero-order valence-electron chi connectivity index (χ0n) is 14.1. The van der Waals surface area contributed by atoms with Crippen LogP contribution in [0.15, 0.2) is 59.0 Å². The molecular weight excluding hydrogens is 425 g/mol. The number of carboxylic acids is 1. The van der Waals surface area contributed by atoms with Crippen LogP contribution in [0.4, 0.5) is 5.69 Å². The van der Waals surface area contributed by atoms with Crippen molar-refractivity contribution in [2.24, 2.45) is 0 Å². The molecule has 1 heterocycles. The molecule has 0 aliphatic heterocycles. The number of carbonyl (C=O) groups excluding carboxylic acids is 1. The van der Waals surface area contributed by atoms with Gasteiger partial charge in [-0.2, -0.15) is 0 Å². The Morgan fingerprint density at radius 2 is 1.79 bits per heavy atom. The van der Waals surface area contributed by atoms with Crippen LogP contribution in [0, 0.1) is 0 Å². The topological polar surface area (TPSA) is 79.5 Å². The van der Waals surface area contributed by atoms with Crippen molar-refractivity contribution >= 4 is 58.4 Å². The van der Waals surface area contributed by atoms with E-state index in [1.54, 1.807) is 30.3 Å². The lowest BCUT2D eigenvalue weighted by Gasteiger charge is -2.05. The van der Waals surface area contributed by atoms with E-state index < -0.39 is 11.9 Å². The Hall–Kier alpha value is -2.73. The number of amides is 1. The van der Waals surface area contributed by atoms with Crippen LogP contribution >= 0.6 is 34.8 Å². The molecule has 0 radical (unpaired) electrons. The summed E-state index contributed by atoms with van der Waals surface area (Å²) in [5.74, 6) is -0.697. The molecule has 2 aromatic carbocycles. The van der Waals surface area contributed by atoms with Gasteiger partial charge in [0.15, 0.2) is 0 Å². The van der Waals surface area contributed by atoms with Gasteiger partial charge in [0, 0.05) is 17.3 Å². The van der Waals surface area contributed by atoms with Gasteiger partial charge in [0.2, 0.25) is 5.91 Å². The fraction of sp³-hybridized carbons (Fsp3) is 0. The van der Waals surface area contributed by atoms with Crippen LogP contribution in [-0.4, -0.2) is 17.0 Å².